The van der Waals surface area contributed by atoms with Crippen LogP contribution < -0.4 is 0 Å². The zero-order valence-corrected chi connectivity index (χ0v) is 13.3. The minimum Gasteiger partial charge on any atom is -0.335 e. The highest BCUT2D eigenvalue weighted by Crippen LogP contribution is 2.25. The van der Waals surface area contributed by atoms with Crippen LogP contribution >= 0.6 is 0 Å². The van der Waals surface area contributed by atoms with Crippen molar-refractivity contribution in [2.45, 2.75) is 90.5 Å². The standard InChI is InChI=1S/C18H32N2/c1-2-3-4-5-6-10-13-18-19-14-15-20(18)16-17-11-8-7-9-12-17/h14-15,17H,2-13,16H2,1H3. The van der Waals surface area contributed by atoms with Crippen molar-refractivity contribution in [2.24, 2.45) is 5.92 Å². The van der Waals surface area contributed by atoms with Crippen LogP contribution in [0.1, 0.15) is 83.4 Å². The van der Waals surface area contributed by atoms with Crippen LogP contribution in [-0.4, -0.2) is 9.55 Å². The van der Waals surface area contributed by atoms with E-state index in [0.29, 0.717) is 0 Å². The van der Waals surface area contributed by atoms with Gasteiger partial charge in [-0.2, -0.15) is 0 Å². The lowest BCUT2D eigenvalue weighted by Gasteiger charge is -2.22. The van der Waals surface area contributed by atoms with Gasteiger partial charge in [-0.1, -0.05) is 58.3 Å². The molecule has 0 atom stereocenters. The van der Waals surface area contributed by atoms with E-state index in [-0.39, 0.29) is 0 Å². The number of nitrogens with zero attached hydrogens (tertiary/aromatic N) is 2. The molecule has 2 heteroatoms. The molecule has 0 saturated heterocycles. The fourth-order valence-corrected chi connectivity index (χ4v) is 3.45. The number of hydrogen-bond donors (Lipinski definition) is 0. The SMILES string of the molecule is CCCCCCCCc1nccn1CC1CCCCC1. The van der Waals surface area contributed by atoms with Crippen molar-refractivity contribution in [1.29, 1.82) is 0 Å². The van der Waals surface area contributed by atoms with Gasteiger partial charge >= 0.3 is 0 Å². The average molecular weight is 276 g/mol. The van der Waals surface area contributed by atoms with Crippen molar-refractivity contribution in [1.82, 2.24) is 9.55 Å². The average Bonchev–Trinajstić information content (AvgIpc) is 2.91. The molecule has 0 spiro atoms. The van der Waals surface area contributed by atoms with E-state index in [4.69, 9.17) is 0 Å². The summed E-state index contributed by atoms with van der Waals surface area (Å²) in [5.74, 6) is 2.23. The summed E-state index contributed by atoms with van der Waals surface area (Å²) in [6.07, 6.45) is 20.8. The largest absolute Gasteiger partial charge is 0.335 e. The lowest BCUT2D eigenvalue weighted by molar-refractivity contribution is 0.315. The van der Waals surface area contributed by atoms with E-state index in [0.717, 1.165) is 5.92 Å². The fraction of sp³-hybridized carbons (Fsp3) is 0.833. The minimum absolute atomic E-state index is 0.904. The Balaban J connectivity index is 1.68. The van der Waals surface area contributed by atoms with Crippen molar-refractivity contribution in [2.75, 3.05) is 0 Å². The van der Waals surface area contributed by atoms with Gasteiger partial charge in [0.1, 0.15) is 5.82 Å². The van der Waals surface area contributed by atoms with Crippen molar-refractivity contribution in [3.05, 3.63) is 18.2 Å². The second kappa shape index (κ2) is 9.20. The number of imidazole rings is 1. The monoisotopic (exact) mass is 276 g/mol. The van der Waals surface area contributed by atoms with Crippen molar-refractivity contribution >= 4 is 0 Å². The summed E-state index contributed by atoms with van der Waals surface area (Å²) in [7, 11) is 0. The van der Waals surface area contributed by atoms with E-state index in [9.17, 15) is 0 Å². The molecule has 114 valence electrons. The first-order valence-electron chi connectivity index (χ1n) is 8.90. The second-order valence-corrected chi connectivity index (χ2v) is 6.52. The van der Waals surface area contributed by atoms with Crippen LogP contribution in [0, 0.1) is 5.92 Å². The van der Waals surface area contributed by atoms with Crippen molar-refractivity contribution < 1.29 is 0 Å². The molecule has 1 fully saturated rings. The molecule has 1 aromatic rings. The molecular weight excluding hydrogens is 244 g/mol. The van der Waals surface area contributed by atoms with Gasteiger partial charge in [0.15, 0.2) is 0 Å². The number of unbranched alkanes of at least 4 members (excludes halogenated alkanes) is 5. The second-order valence-electron chi connectivity index (χ2n) is 6.52. The Hall–Kier alpha value is -0.790. The van der Waals surface area contributed by atoms with Gasteiger partial charge in [0.05, 0.1) is 0 Å². The Bertz CT molecular complexity index is 350. The minimum atomic E-state index is 0.904. The van der Waals surface area contributed by atoms with E-state index >= 15 is 0 Å². The lowest BCUT2D eigenvalue weighted by atomic mass is 9.89. The molecule has 1 aliphatic carbocycles. The van der Waals surface area contributed by atoms with Gasteiger partial charge in [-0.25, -0.2) is 4.98 Å². The van der Waals surface area contributed by atoms with Crippen molar-refractivity contribution in [3.8, 4) is 0 Å². The summed E-state index contributed by atoms with van der Waals surface area (Å²) in [4.78, 5) is 4.58. The van der Waals surface area contributed by atoms with E-state index in [1.807, 2.05) is 6.20 Å². The Morgan fingerprint density at radius 3 is 2.60 bits per heavy atom. The lowest BCUT2D eigenvalue weighted by Crippen LogP contribution is -2.15. The quantitative estimate of drug-likeness (QED) is 0.555. The predicted octanol–water partition coefficient (Wildman–Crippen LogP) is 5.37. The van der Waals surface area contributed by atoms with Crippen molar-refractivity contribution in [3.63, 3.8) is 0 Å². The first kappa shape index (κ1) is 15.6. The predicted molar refractivity (Wildman–Crippen MR) is 85.9 cm³/mol. The van der Waals surface area contributed by atoms with Gasteiger partial charge in [0.2, 0.25) is 0 Å². The molecule has 0 radical (unpaired) electrons. The molecule has 0 unspecified atom stereocenters. The van der Waals surface area contributed by atoms with Crippen LogP contribution in [0.15, 0.2) is 12.4 Å². The fourth-order valence-electron chi connectivity index (χ4n) is 3.45. The third kappa shape index (κ3) is 5.30. The molecule has 1 aliphatic rings. The normalized spacial score (nSPS) is 16.6. The van der Waals surface area contributed by atoms with E-state index in [1.54, 1.807) is 0 Å². The Labute approximate surface area is 125 Å². The van der Waals surface area contributed by atoms with Gasteiger partial charge in [-0.05, 0) is 25.2 Å². The highest BCUT2D eigenvalue weighted by Gasteiger charge is 2.15. The Morgan fingerprint density at radius 2 is 1.80 bits per heavy atom. The van der Waals surface area contributed by atoms with E-state index in [2.05, 4.69) is 22.7 Å². The molecule has 0 N–H and O–H groups in total. The Kier molecular flexibility index (Phi) is 7.18. The summed E-state index contributed by atoms with van der Waals surface area (Å²) in [6.45, 7) is 3.49. The number of aryl methyl sites for hydroxylation is 1. The number of rotatable bonds is 9. The van der Waals surface area contributed by atoms with Gasteiger partial charge < -0.3 is 4.57 Å². The molecule has 2 nitrogen and oxygen atoms in total. The zero-order chi connectivity index (χ0) is 14.0. The van der Waals surface area contributed by atoms with Gasteiger partial charge in [-0.15, -0.1) is 0 Å². The number of hydrogen-bond acceptors (Lipinski definition) is 1. The molecule has 1 saturated carbocycles. The molecular formula is C18H32N2. The smallest absolute Gasteiger partial charge is 0.108 e. The molecule has 0 bridgehead atoms. The summed E-state index contributed by atoms with van der Waals surface area (Å²) in [5.41, 5.74) is 0. The maximum absolute atomic E-state index is 4.58. The third-order valence-electron chi connectivity index (χ3n) is 4.74. The van der Waals surface area contributed by atoms with Crippen LogP contribution in [0.5, 0.6) is 0 Å². The maximum Gasteiger partial charge on any atom is 0.108 e. The molecule has 2 rings (SSSR count). The van der Waals surface area contributed by atoms with Crippen LogP contribution in [-0.2, 0) is 13.0 Å². The molecule has 1 heterocycles. The van der Waals surface area contributed by atoms with Crippen LogP contribution in [0.2, 0.25) is 0 Å². The molecule has 0 amide bonds. The first-order chi connectivity index (χ1) is 9.90. The summed E-state index contributed by atoms with van der Waals surface area (Å²) in [6, 6.07) is 0. The van der Waals surface area contributed by atoms with Crippen LogP contribution in [0.25, 0.3) is 0 Å². The van der Waals surface area contributed by atoms with Gasteiger partial charge in [-0.3, -0.25) is 0 Å². The molecule has 20 heavy (non-hydrogen) atoms. The van der Waals surface area contributed by atoms with Gasteiger partial charge in [0, 0.05) is 25.4 Å². The van der Waals surface area contributed by atoms with Crippen LogP contribution in [0.3, 0.4) is 0 Å². The Morgan fingerprint density at radius 1 is 1.05 bits per heavy atom. The zero-order valence-electron chi connectivity index (χ0n) is 13.3. The highest BCUT2D eigenvalue weighted by atomic mass is 15.1. The van der Waals surface area contributed by atoms with Gasteiger partial charge in [0.25, 0.3) is 0 Å². The molecule has 0 aliphatic heterocycles. The van der Waals surface area contributed by atoms with E-state index < -0.39 is 0 Å². The number of aromatic nitrogens is 2. The highest BCUT2D eigenvalue weighted by molar-refractivity contribution is 4.93. The van der Waals surface area contributed by atoms with E-state index in [1.165, 1.54) is 89.4 Å². The first-order valence-corrected chi connectivity index (χ1v) is 8.90. The summed E-state index contributed by atoms with van der Waals surface area (Å²) >= 11 is 0. The summed E-state index contributed by atoms with van der Waals surface area (Å²) < 4.78 is 2.43. The summed E-state index contributed by atoms with van der Waals surface area (Å²) in [5, 5.41) is 0. The topological polar surface area (TPSA) is 17.8 Å². The molecule has 1 aromatic heterocycles. The van der Waals surface area contributed by atoms with Crippen LogP contribution in [0.4, 0.5) is 0 Å². The maximum atomic E-state index is 4.58. The third-order valence-corrected chi connectivity index (χ3v) is 4.74. The molecule has 0 aromatic carbocycles.